The van der Waals surface area contributed by atoms with Crippen LogP contribution >= 0.6 is 0 Å². The molecule has 0 aliphatic carbocycles. The van der Waals surface area contributed by atoms with Gasteiger partial charge in [-0.25, -0.2) is 4.98 Å². The Bertz CT molecular complexity index is 1010. The predicted octanol–water partition coefficient (Wildman–Crippen LogP) is 4.83. The average molecular weight is 406 g/mol. The molecule has 1 aromatic heterocycles. The van der Waals surface area contributed by atoms with Gasteiger partial charge in [0.25, 0.3) is 0 Å². The van der Waals surface area contributed by atoms with Crippen LogP contribution in [-0.4, -0.2) is 28.6 Å². The zero-order valence-electron chi connectivity index (χ0n) is 18.0. The molecule has 1 heterocycles. The molecule has 3 aromatic rings. The molecule has 0 spiro atoms. The molecule has 0 aliphatic heterocycles. The highest BCUT2D eigenvalue weighted by Gasteiger charge is 2.10. The number of fused-ring (bicyclic) bond motifs is 1. The Morgan fingerprint density at radius 3 is 2.67 bits per heavy atom. The molecule has 0 atom stereocenters. The number of ether oxygens (including phenoxy) is 1. The van der Waals surface area contributed by atoms with E-state index in [0.717, 1.165) is 49.3 Å². The second-order valence-electron chi connectivity index (χ2n) is 7.63. The minimum atomic E-state index is -0.0860. The van der Waals surface area contributed by atoms with Gasteiger partial charge in [-0.1, -0.05) is 36.9 Å². The molecular weight excluding hydrogens is 374 g/mol. The number of carbonyl (C=O) groups is 1. The quantitative estimate of drug-likeness (QED) is 0.367. The molecule has 2 aromatic carbocycles. The van der Waals surface area contributed by atoms with Crippen molar-refractivity contribution in [1.29, 1.82) is 0 Å². The number of nitrogens with zero attached hydrogens (tertiary/aromatic N) is 2. The van der Waals surface area contributed by atoms with Gasteiger partial charge in [-0.2, -0.15) is 0 Å². The van der Waals surface area contributed by atoms with Gasteiger partial charge in [0.1, 0.15) is 11.6 Å². The van der Waals surface area contributed by atoms with E-state index in [-0.39, 0.29) is 5.91 Å². The van der Waals surface area contributed by atoms with Gasteiger partial charge in [-0.3, -0.25) is 4.79 Å². The second-order valence-corrected chi connectivity index (χ2v) is 7.63. The van der Waals surface area contributed by atoms with Crippen molar-refractivity contribution in [2.24, 2.45) is 0 Å². The molecule has 0 bridgehead atoms. The van der Waals surface area contributed by atoms with E-state index in [4.69, 9.17) is 9.72 Å². The molecule has 1 amide bonds. The van der Waals surface area contributed by atoms with E-state index < -0.39 is 0 Å². The Morgan fingerprint density at radius 1 is 1.10 bits per heavy atom. The zero-order valence-corrected chi connectivity index (χ0v) is 18.0. The van der Waals surface area contributed by atoms with Gasteiger partial charge in [0.15, 0.2) is 0 Å². The maximum atomic E-state index is 11.6. The summed E-state index contributed by atoms with van der Waals surface area (Å²) in [6.45, 7) is 9.70. The van der Waals surface area contributed by atoms with Gasteiger partial charge in [0.2, 0.25) is 5.91 Å². The van der Waals surface area contributed by atoms with Gasteiger partial charge >= 0.3 is 0 Å². The summed E-state index contributed by atoms with van der Waals surface area (Å²) in [5.74, 6) is 1.95. The molecule has 0 radical (unpaired) electrons. The molecule has 0 saturated carbocycles. The Balaban J connectivity index is 1.54. The normalized spacial score (nSPS) is 10.9. The second kappa shape index (κ2) is 10.6. The van der Waals surface area contributed by atoms with Crippen molar-refractivity contribution in [3.05, 3.63) is 72.1 Å². The largest absolute Gasteiger partial charge is 0.493 e. The number of hydrogen-bond acceptors (Lipinski definition) is 3. The summed E-state index contributed by atoms with van der Waals surface area (Å²) in [5, 5.41) is 2.89. The molecule has 3 rings (SSSR count). The number of amides is 1. The summed E-state index contributed by atoms with van der Waals surface area (Å²) in [7, 11) is 0. The standard InChI is InChI=1S/C25H31N3O2/c1-19(2)25(29)26-16-10-15-24-27-21-12-5-6-13-22(21)28(24)17-8-9-18-30-23-14-7-4-11-20(23)3/h4-7,11-14H,1,8-10,15-18H2,2-3H3,(H,26,29). The van der Waals surface area contributed by atoms with Gasteiger partial charge in [-0.05, 0) is 56.9 Å². The zero-order chi connectivity index (χ0) is 21.3. The van der Waals surface area contributed by atoms with E-state index in [2.05, 4.69) is 47.7 Å². The van der Waals surface area contributed by atoms with Crippen LogP contribution in [0.1, 0.15) is 37.6 Å². The van der Waals surface area contributed by atoms with E-state index in [1.165, 1.54) is 11.1 Å². The average Bonchev–Trinajstić information content (AvgIpc) is 3.09. The number of aromatic nitrogens is 2. The molecule has 0 fully saturated rings. The predicted molar refractivity (Wildman–Crippen MR) is 122 cm³/mol. The summed E-state index contributed by atoms with van der Waals surface area (Å²) in [6, 6.07) is 16.4. The van der Waals surface area contributed by atoms with Crippen molar-refractivity contribution in [3.63, 3.8) is 0 Å². The molecular formula is C25H31N3O2. The topological polar surface area (TPSA) is 56.2 Å². The first-order valence-corrected chi connectivity index (χ1v) is 10.6. The van der Waals surface area contributed by atoms with Crippen LogP contribution < -0.4 is 10.1 Å². The first-order chi connectivity index (χ1) is 14.6. The number of unbranched alkanes of at least 4 members (excludes halogenated alkanes) is 1. The summed E-state index contributed by atoms with van der Waals surface area (Å²) in [6.07, 6.45) is 3.67. The number of aryl methyl sites for hydroxylation is 3. The molecule has 158 valence electrons. The monoisotopic (exact) mass is 405 g/mol. The van der Waals surface area contributed by atoms with E-state index >= 15 is 0 Å². The Kier molecular flexibility index (Phi) is 7.66. The third-order valence-electron chi connectivity index (χ3n) is 5.11. The highest BCUT2D eigenvalue weighted by atomic mass is 16.5. The lowest BCUT2D eigenvalue weighted by atomic mass is 10.2. The molecule has 0 saturated heterocycles. The third kappa shape index (κ3) is 5.72. The summed E-state index contributed by atoms with van der Waals surface area (Å²) in [5.41, 5.74) is 3.89. The summed E-state index contributed by atoms with van der Waals surface area (Å²) >= 11 is 0. The first kappa shape index (κ1) is 21.6. The number of para-hydroxylation sites is 3. The van der Waals surface area contributed by atoms with E-state index in [1.54, 1.807) is 6.92 Å². The maximum Gasteiger partial charge on any atom is 0.246 e. The minimum absolute atomic E-state index is 0.0860. The number of imidazole rings is 1. The number of benzene rings is 2. The summed E-state index contributed by atoms with van der Waals surface area (Å²) in [4.78, 5) is 16.5. The van der Waals surface area contributed by atoms with Gasteiger partial charge < -0.3 is 14.6 Å². The lowest BCUT2D eigenvalue weighted by Gasteiger charge is -2.11. The van der Waals surface area contributed by atoms with Gasteiger partial charge in [0, 0.05) is 25.1 Å². The maximum absolute atomic E-state index is 11.6. The molecule has 0 aliphatic rings. The highest BCUT2D eigenvalue weighted by molar-refractivity contribution is 5.92. The third-order valence-corrected chi connectivity index (χ3v) is 5.11. The highest BCUT2D eigenvalue weighted by Crippen LogP contribution is 2.19. The number of hydrogen-bond donors (Lipinski definition) is 1. The van der Waals surface area contributed by atoms with Gasteiger partial charge in [0.05, 0.1) is 17.6 Å². The smallest absolute Gasteiger partial charge is 0.246 e. The van der Waals surface area contributed by atoms with Crippen LogP contribution in [0.3, 0.4) is 0 Å². The van der Waals surface area contributed by atoms with Crippen molar-refractivity contribution in [2.45, 2.75) is 46.1 Å². The Hall–Kier alpha value is -3.08. The fraction of sp³-hybridized carbons (Fsp3) is 0.360. The van der Waals surface area contributed by atoms with Crippen molar-refractivity contribution in [3.8, 4) is 5.75 Å². The van der Waals surface area contributed by atoms with Crippen LogP contribution in [0.4, 0.5) is 0 Å². The molecule has 5 heteroatoms. The van der Waals surface area contributed by atoms with Crippen molar-refractivity contribution < 1.29 is 9.53 Å². The number of nitrogens with one attached hydrogen (secondary N) is 1. The minimum Gasteiger partial charge on any atom is -0.493 e. The summed E-state index contributed by atoms with van der Waals surface area (Å²) < 4.78 is 8.23. The van der Waals surface area contributed by atoms with Crippen LogP contribution in [0.2, 0.25) is 0 Å². The van der Waals surface area contributed by atoms with E-state index in [0.29, 0.717) is 18.7 Å². The molecule has 0 unspecified atom stereocenters. The van der Waals surface area contributed by atoms with E-state index in [1.807, 2.05) is 24.3 Å². The van der Waals surface area contributed by atoms with E-state index in [9.17, 15) is 4.79 Å². The fourth-order valence-electron chi connectivity index (χ4n) is 3.44. The first-order valence-electron chi connectivity index (χ1n) is 10.6. The van der Waals surface area contributed by atoms with Crippen molar-refractivity contribution in [1.82, 2.24) is 14.9 Å². The number of carbonyl (C=O) groups excluding carboxylic acids is 1. The Labute approximate surface area is 178 Å². The SMILES string of the molecule is C=C(C)C(=O)NCCCc1nc2ccccc2n1CCCCOc1ccccc1C. The van der Waals surface area contributed by atoms with Crippen molar-refractivity contribution in [2.75, 3.05) is 13.2 Å². The van der Waals surface area contributed by atoms with Crippen molar-refractivity contribution >= 4 is 16.9 Å². The van der Waals surface area contributed by atoms with Crippen LogP contribution in [0.5, 0.6) is 5.75 Å². The van der Waals surface area contributed by atoms with Crippen LogP contribution in [0, 0.1) is 6.92 Å². The molecule has 1 N–H and O–H groups in total. The lowest BCUT2D eigenvalue weighted by molar-refractivity contribution is -0.117. The van der Waals surface area contributed by atoms with Crippen LogP contribution in [0.25, 0.3) is 11.0 Å². The number of rotatable bonds is 11. The lowest BCUT2D eigenvalue weighted by Crippen LogP contribution is -2.25. The van der Waals surface area contributed by atoms with Crippen LogP contribution in [-0.2, 0) is 17.8 Å². The Morgan fingerprint density at radius 2 is 1.87 bits per heavy atom. The molecule has 30 heavy (non-hydrogen) atoms. The van der Waals surface area contributed by atoms with Crippen LogP contribution in [0.15, 0.2) is 60.7 Å². The molecule has 5 nitrogen and oxygen atoms in total. The fourth-order valence-corrected chi connectivity index (χ4v) is 3.44. The van der Waals surface area contributed by atoms with Gasteiger partial charge in [-0.15, -0.1) is 0 Å².